The Hall–Kier alpha value is -4.56. The van der Waals surface area contributed by atoms with Crippen LogP contribution in [0, 0.1) is 5.92 Å². The fraction of sp³-hybridized carbons (Fsp3) is 0.450. The summed E-state index contributed by atoms with van der Waals surface area (Å²) >= 11 is 0. The van der Waals surface area contributed by atoms with Crippen molar-refractivity contribution in [1.82, 2.24) is 4.90 Å². The van der Waals surface area contributed by atoms with Crippen molar-refractivity contribution in [3.05, 3.63) is 83.4 Å². The van der Waals surface area contributed by atoms with Crippen LogP contribution in [0.15, 0.2) is 66.7 Å². The number of aliphatic hydroxyl groups is 1. The van der Waals surface area contributed by atoms with Crippen LogP contribution in [0.5, 0.6) is 5.75 Å². The number of anilines is 3. The molecule has 3 aromatic carbocycles. The molecule has 4 aliphatic heterocycles. The molecule has 0 aliphatic carbocycles. The number of para-hydroxylation sites is 2. The van der Waals surface area contributed by atoms with E-state index in [0.29, 0.717) is 60.7 Å². The van der Waals surface area contributed by atoms with Gasteiger partial charge in [0.2, 0.25) is 5.91 Å². The molecule has 0 aromatic heterocycles. The predicted molar refractivity (Wildman–Crippen MR) is 199 cm³/mol. The van der Waals surface area contributed by atoms with E-state index in [9.17, 15) is 29.1 Å². The lowest BCUT2D eigenvalue weighted by Crippen LogP contribution is -2.48. The Morgan fingerprint density at radius 2 is 1.74 bits per heavy atom. The number of nitrogens with zero attached hydrogens (tertiary/aromatic N) is 3. The zero-order valence-corrected chi connectivity index (χ0v) is 31.6. The number of benzene rings is 3. The molecule has 4 aliphatic rings. The summed E-state index contributed by atoms with van der Waals surface area (Å²) in [5.74, 6) is -1.10. The summed E-state index contributed by atoms with van der Waals surface area (Å²) in [6.07, 6.45) is 0.888. The van der Waals surface area contributed by atoms with Gasteiger partial charge in [0.15, 0.2) is 20.5 Å². The first kappa shape index (κ1) is 36.8. The highest BCUT2D eigenvalue weighted by molar-refractivity contribution is 6.71. The van der Waals surface area contributed by atoms with Gasteiger partial charge in [0.1, 0.15) is 5.75 Å². The number of rotatable bonds is 10. The van der Waals surface area contributed by atoms with E-state index in [1.54, 1.807) is 32.9 Å². The van der Waals surface area contributed by atoms with Crippen molar-refractivity contribution in [2.24, 2.45) is 5.92 Å². The molecule has 2 N–H and O–H groups in total. The van der Waals surface area contributed by atoms with Crippen LogP contribution < -0.4 is 14.5 Å². The minimum atomic E-state index is -3.12. The number of carbonyl (C=O) groups is 4. The quantitative estimate of drug-likeness (QED) is 0.174. The van der Waals surface area contributed by atoms with Crippen LogP contribution >= 0.6 is 0 Å². The van der Waals surface area contributed by atoms with Crippen LogP contribution in [0.4, 0.5) is 17.1 Å². The zero-order chi connectivity index (χ0) is 37.7. The molecule has 5 atom stereocenters. The van der Waals surface area contributed by atoms with Crippen LogP contribution in [-0.2, 0) is 47.2 Å². The molecule has 1 saturated heterocycles. The van der Waals surface area contributed by atoms with Crippen LogP contribution in [0.25, 0.3) is 0 Å². The number of ether oxygens (including phenoxy) is 3. The number of hydrogen-bond donors (Lipinski definition) is 2. The van der Waals surface area contributed by atoms with E-state index in [2.05, 4.69) is 0 Å². The Balaban J connectivity index is 1.27. The highest BCUT2D eigenvalue weighted by Crippen LogP contribution is 2.60. The number of hydrogen-bond acceptors (Lipinski definition) is 9. The molecule has 4 heterocycles. The fourth-order valence-electron chi connectivity index (χ4n) is 8.99. The van der Waals surface area contributed by atoms with Gasteiger partial charge in [0.05, 0.1) is 43.7 Å². The van der Waals surface area contributed by atoms with Gasteiger partial charge in [-0.2, -0.15) is 0 Å². The van der Waals surface area contributed by atoms with Crippen LogP contribution in [0.2, 0.25) is 18.6 Å². The van der Waals surface area contributed by atoms with Gasteiger partial charge < -0.3 is 33.9 Å². The summed E-state index contributed by atoms with van der Waals surface area (Å²) in [7, 11) is -1.77. The van der Waals surface area contributed by atoms with Crippen molar-refractivity contribution in [2.75, 3.05) is 36.7 Å². The third-order valence-corrected chi connectivity index (χ3v) is 13.9. The van der Waals surface area contributed by atoms with Gasteiger partial charge in [-0.1, -0.05) is 43.3 Å². The van der Waals surface area contributed by atoms with E-state index >= 15 is 0 Å². The van der Waals surface area contributed by atoms with Crippen molar-refractivity contribution in [3.8, 4) is 5.75 Å². The monoisotopic (exact) mass is 741 g/mol. The predicted octanol–water partition coefficient (Wildman–Crippen LogP) is 4.57. The molecule has 0 bridgehead atoms. The maximum absolute atomic E-state index is 15.0. The largest absolute Gasteiger partial charge is 0.482 e. The Labute approximate surface area is 310 Å². The second kappa shape index (κ2) is 14.3. The first-order valence-electron chi connectivity index (χ1n) is 18.3. The first-order valence-corrected chi connectivity index (χ1v) is 21.4. The second-order valence-electron chi connectivity index (χ2n) is 15.1. The van der Waals surface area contributed by atoms with Gasteiger partial charge in [-0.15, -0.1) is 0 Å². The number of esters is 1. The van der Waals surface area contributed by atoms with Gasteiger partial charge in [-0.05, 0) is 73.8 Å². The molecule has 0 saturated carbocycles. The number of unbranched alkanes of at least 4 members (excludes halogenated alkanes) is 1. The molecule has 0 unspecified atom stereocenters. The molecule has 3 aromatic rings. The lowest BCUT2D eigenvalue weighted by Gasteiger charge is -2.37. The molecule has 53 heavy (non-hydrogen) atoms. The summed E-state index contributed by atoms with van der Waals surface area (Å²) in [6.45, 7) is 5.84. The molecular formula is C40H47N3O9Si. The fourth-order valence-corrected chi connectivity index (χ4v) is 11.5. The summed E-state index contributed by atoms with van der Waals surface area (Å²) in [5, 5.41) is 10.3. The number of amides is 3. The number of carbonyl (C=O) groups excluding carboxylic acids is 4. The Kier molecular flexibility index (Phi) is 9.96. The normalized spacial score (nSPS) is 24.9. The van der Waals surface area contributed by atoms with E-state index in [-0.39, 0.29) is 49.7 Å². The lowest BCUT2D eigenvalue weighted by molar-refractivity contribution is -0.151. The molecule has 0 radical (unpaired) electrons. The molecule has 7 rings (SSSR count). The Morgan fingerprint density at radius 3 is 2.47 bits per heavy atom. The topological polar surface area (TPSA) is 146 Å². The Bertz CT molecular complexity index is 1930. The van der Waals surface area contributed by atoms with Gasteiger partial charge in [0, 0.05) is 42.2 Å². The van der Waals surface area contributed by atoms with Crippen molar-refractivity contribution in [1.29, 1.82) is 0 Å². The summed E-state index contributed by atoms with van der Waals surface area (Å²) in [4.78, 5) is 71.3. The highest BCUT2D eigenvalue weighted by atomic mass is 28.4. The van der Waals surface area contributed by atoms with E-state index in [0.717, 1.165) is 11.1 Å². The summed E-state index contributed by atoms with van der Waals surface area (Å²) in [5.41, 5.74) is 2.34. The van der Waals surface area contributed by atoms with E-state index in [1.807, 2.05) is 68.5 Å². The van der Waals surface area contributed by atoms with E-state index < -0.39 is 37.5 Å². The van der Waals surface area contributed by atoms with Gasteiger partial charge in [-0.25, -0.2) is 0 Å². The molecular weight excluding hydrogens is 695 g/mol. The Morgan fingerprint density at radius 1 is 1.00 bits per heavy atom. The van der Waals surface area contributed by atoms with Crippen molar-refractivity contribution in [2.45, 2.75) is 82.0 Å². The standard InChI is InChI=1S/C40H47N3O9Si/c1-25-38(53(3,4)49)34(21-35(45)42-22-27-12-6-5-11-26(27)19-29(42)23-44)52-40(25)30-20-28(43-32-13-7-8-14-33(32)51-24-36(43)46)16-17-31(30)41(39(40)48)18-10-9-15-37(47)50-2/h5-8,11-14,16-17,20,25,29,34,38,44,49H,9-10,15,18-19,21-24H2,1-4H3/t25-,29-,34+,38-,40+/m0/s1. The number of fused-ring (bicyclic) bond motifs is 4. The van der Waals surface area contributed by atoms with Crippen molar-refractivity contribution >= 4 is 49.1 Å². The molecule has 3 amide bonds. The average molecular weight is 742 g/mol. The van der Waals surface area contributed by atoms with Crippen molar-refractivity contribution in [3.63, 3.8) is 0 Å². The molecule has 1 spiro atoms. The molecule has 1 fully saturated rings. The van der Waals surface area contributed by atoms with Gasteiger partial charge in [-0.3, -0.25) is 24.1 Å². The second-order valence-corrected chi connectivity index (χ2v) is 19.0. The SMILES string of the molecule is COC(=O)CCCCN1C(=O)[C@]2(O[C@H](CC(=O)N3Cc4ccccc4C[C@H]3CO)[C@@H]([Si](C)(C)O)[C@@H]2C)c2cc(N3C(=O)COc4ccccc43)ccc21. The number of methoxy groups -OCH3 is 1. The average Bonchev–Trinajstić information content (AvgIpc) is 3.57. The molecule has 13 heteroatoms. The molecule has 280 valence electrons. The maximum atomic E-state index is 15.0. The van der Waals surface area contributed by atoms with Crippen LogP contribution in [0.1, 0.15) is 49.3 Å². The van der Waals surface area contributed by atoms with Gasteiger partial charge in [0.25, 0.3) is 11.8 Å². The number of aliphatic hydroxyl groups excluding tert-OH is 1. The third-order valence-electron chi connectivity index (χ3n) is 11.4. The first-order chi connectivity index (χ1) is 25.4. The third kappa shape index (κ3) is 6.43. The van der Waals surface area contributed by atoms with Crippen LogP contribution in [-0.4, -0.2) is 85.8 Å². The van der Waals surface area contributed by atoms with Gasteiger partial charge >= 0.3 is 5.97 Å². The van der Waals surface area contributed by atoms with Crippen LogP contribution in [0.3, 0.4) is 0 Å². The minimum absolute atomic E-state index is 0.0802. The maximum Gasteiger partial charge on any atom is 0.305 e. The smallest absolute Gasteiger partial charge is 0.305 e. The lowest BCUT2D eigenvalue weighted by atomic mass is 9.82. The summed E-state index contributed by atoms with van der Waals surface area (Å²) in [6, 6.07) is 20.2. The van der Waals surface area contributed by atoms with Crippen molar-refractivity contribution < 1.29 is 43.3 Å². The molecule has 12 nitrogen and oxygen atoms in total. The van der Waals surface area contributed by atoms with E-state index in [4.69, 9.17) is 14.2 Å². The van der Waals surface area contributed by atoms with E-state index in [1.165, 1.54) is 7.11 Å². The summed E-state index contributed by atoms with van der Waals surface area (Å²) < 4.78 is 17.5. The zero-order valence-electron chi connectivity index (χ0n) is 30.6. The highest BCUT2D eigenvalue weighted by Gasteiger charge is 2.66. The minimum Gasteiger partial charge on any atom is -0.482 e.